The fourth-order valence-corrected chi connectivity index (χ4v) is 3.96. The van der Waals surface area contributed by atoms with Gasteiger partial charge in [0.05, 0.1) is 25.8 Å². The highest BCUT2D eigenvalue weighted by molar-refractivity contribution is 5.93. The van der Waals surface area contributed by atoms with Crippen molar-refractivity contribution in [2.75, 3.05) is 51.8 Å². The second-order valence-corrected chi connectivity index (χ2v) is 8.58. The van der Waals surface area contributed by atoms with Crippen molar-refractivity contribution in [3.05, 3.63) is 47.8 Å². The molecule has 1 aliphatic heterocycles. The molecule has 2 N–H and O–H groups in total. The van der Waals surface area contributed by atoms with Crippen LogP contribution in [0.5, 0.6) is 5.88 Å². The Morgan fingerprint density at radius 1 is 1.18 bits per heavy atom. The van der Waals surface area contributed by atoms with Crippen LogP contribution in [-0.4, -0.2) is 72.3 Å². The first kappa shape index (κ1) is 23.8. The first-order valence-electron chi connectivity index (χ1n) is 11.7. The van der Waals surface area contributed by atoms with E-state index < -0.39 is 0 Å². The van der Waals surface area contributed by atoms with Crippen molar-refractivity contribution in [2.24, 2.45) is 0 Å². The van der Waals surface area contributed by atoms with E-state index in [2.05, 4.69) is 45.4 Å². The predicted molar refractivity (Wildman–Crippen MR) is 132 cm³/mol. The van der Waals surface area contributed by atoms with Gasteiger partial charge in [0.2, 0.25) is 11.8 Å². The lowest BCUT2D eigenvalue weighted by atomic mass is 10.0. The summed E-state index contributed by atoms with van der Waals surface area (Å²) in [4.78, 5) is 28.4. The third-order valence-electron chi connectivity index (χ3n) is 5.84. The third kappa shape index (κ3) is 5.78. The minimum Gasteiger partial charge on any atom is -0.479 e. The van der Waals surface area contributed by atoms with Gasteiger partial charge in [-0.1, -0.05) is 32.0 Å². The van der Waals surface area contributed by atoms with E-state index in [4.69, 9.17) is 14.5 Å². The summed E-state index contributed by atoms with van der Waals surface area (Å²) in [6.45, 7) is 9.25. The maximum absolute atomic E-state index is 12.6. The van der Waals surface area contributed by atoms with Gasteiger partial charge in [0.15, 0.2) is 0 Å². The van der Waals surface area contributed by atoms with Crippen LogP contribution < -0.4 is 15.4 Å². The Morgan fingerprint density at radius 2 is 2.00 bits per heavy atom. The summed E-state index contributed by atoms with van der Waals surface area (Å²) < 4.78 is 10.8. The molecule has 9 nitrogen and oxygen atoms in total. The van der Waals surface area contributed by atoms with Crippen LogP contribution in [0.4, 0.5) is 11.6 Å². The molecule has 1 amide bonds. The zero-order valence-corrected chi connectivity index (χ0v) is 20.0. The lowest BCUT2D eigenvalue weighted by Gasteiger charge is -2.26. The fourth-order valence-electron chi connectivity index (χ4n) is 3.96. The van der Waals surface area contributed by atoms with E-state index in [0.29, 0.717) is 35.7 Å². The molecule has 1 fully saturated rings. The molecule has 1 aliphatic rings. The standard InChI is InChI=1S/C25H32N6O3/c1-17(2)19-7-4-6-18-16-27-25(30-22(18)19)29-21-9-8-20(28-24(21)33-3)23(32)26-10-5-11-31-12-14-34-15-13-31/h4,6-9,16-17H,5,10-15H2,1-3H3,(H,26,32)(H,27,29,30). The van der Waals surface area contributed by atoms with E-state index in [1.54, 1.807) is 18.3 Å². The molecule has 0 aliphatic carbocycles. The molecule has 9 heteroatoms. The van der Waals surface area contributed by atoms with Crippen molar-refractivity contribution >= 4 is 28.4 Å². The molecule has 1 aromatic carbocycles. The van der Waals surface area contributed by atoms with Gasteiger partial charge >= 0.3 is 0 Å². The van der Waals surface area contributed by atoms with Crippen LogP contribution in [0, 0.1) is 0 Å². The number of ether oxygens (including phenoxy) is 2. The van der Waals surface area contributed by atoms with Crippen LogP contribution >= 0.6 is 0 Å². The lowest BCUT2D eigenvalue weighted by Crippen LogP contribution is -2.38. The van der Waals surface area contributed by atoms with Gasteiger partial charge in [-0.25, -0.2) is 15.0 Å². The Bertz CT molecular complexity index is 1130. The van der Waals surface area contributed by atoms with Gasteiger partial charge in [0.1, 0.15) is 11.4 Å². The largest absolute Gasteiger partial charge is 0.479 e. The molecular formula is C25H32N6O3. The van der Waals surface area contributed by atoms with E-state index in [-0.39, 0.29) is 5.91 Å². The number of benzene rings is 1. The van der Waals surface area contributed by atoms with Crippen LogP contribution in [-0.2, 0) is 4.74 Å². The number of nitrogens with one attached hydrogen (secondary N) is 2. The number of carbonyl (C=O) groups is 1. The summed E-state index contributed by atoms with van der Waals surface area (Å²) in [7, 11) is 1.52. The molecule has 180 valence electrons. The number of hydrogen-bond donors (Lipinski definition) is 2. The van der Waals surface area contributed by atoms with Crippen molar-refractivity contribution in [1.82, 2.24) is 25.2 Å². The Hall–Kier alpha value is -3.30. The van der Waals surface area contributed by atoms with Crippen LogP contribution in [0.25, 0.3) is 10.9 Å². The number of pyridine rings is 1. The smallest absolute Gasteiger partial charge is 0.270 e. The minimum absolute atomic E-state index is 0.227. The van der Waals surface area contributed by atoms with Gasteiger partial charge in [0, 0.05) is 31.2 Å². The van der Waals surface area contributed by atoms with Gasteiger partial charge < -0.3 is 20.1 Å². The van der Waals surface area contributed by atoms with Crippen molar-refractivity contribution in [3.8, 4) is 5.88 Å². The van der Waals surface area contributed by atoms with Crippen molar-refractivity contribution in [1.29, 1.82) is 0 Å². The maximum Gasteiger partial charge on any atom is 0.270 e. The highest BCUT2D eigenvalue weighted by Gasteiger charge is 2.15. The van der Waals surface area contributed by atoms with Crippen LogP contribution in [0.3, 0.4) is 0 Å². The Labute approximate surface area is 199 Å². The fraction of sp³-hybridized carbons (Fsp3) is 0.440. The summed E-state index contributed by atoms with van der Waals surface area (Å²) in [5.41, 5.74) is 2.96. The van der Waals surface area contributed by atoms with Gasteiger partial charge in [-0.05, 0) is 36.6 Å². The SMILES string of the molecule is COc1nc(C(=O)NCCCN2CCOCC2)ccc1Nc1ncc2cccc(C(C)C)c2n1. The first-order valence-corrected chi connectivity index (χ1v) is 11.7. The molecule has 4 rings (SSSR count). The average molecular weight is 465 g/mol. The minimum atomic E-state index is -0.227. The number of carbonyl (C=O) groups excluding carboxylic acids is 1. The highest BCUT2D eigenvalue weighted by atomic mass is 16.5. The molecule has 0 spiro atoms. The van der Waals surface area contributed by atoms with Gasteiger partial charge in [-0.15, -0.1) is 0 Å². The maximum atomic E-state index is 12.6. The van der Waals surface area contributed by atoms with Crippen molar-refractivity contribution in [2.45, 2.75) is 26.2 Å². The number of fused-ring (bicyclic) bond motifs is 1. The Balaban J connectivity index is 1.40. The van der Waals surface area contributed by atoms with Gasteiger partial charge in [-0.2, -0.15) is 0 Å². The summed E-state index contributed by atoms with van der Waals surface area (Å²) >= 11 is 0. The number of anilines is 2. The quantitative estimate of drug-likeness (QED) is 0.465. The molecule has 2 aromatic heterocycles. The number of amides is 1. The van der Waals surface area contributed by atoms with E-state index >= 15 is 0 Å². The Kier molecular flexibility index (Phi) is 7.87. The molecule has 1 saturated heterocycles. The summed E-state index contributed by atoms with van der Waals surface area (Å²) in [6.07, 6.45) is 2.68. The second kappa shape index (κ2) is 11.2. The van der Waals surface area contributed by atoms with Crippen LogP contribution in [0.2, 0.25) is 0 Å². The zero-order valence-electron chi connectivity index (χ0n) is 20.0. The van der Waals surface area contributed by atoms with Crippen molar-refractivity contribution in [3.63, 3.8) is 0 Å². The van der Waals surface area contributed by atoms with E-state index in [1.165, 1.54) is 7.11 Å². The molecule has 0 radical (unpaired) electrons. The number of hydrogen-bond acceptors (Lipinski definition) is 8. The molecular weight excluding hydrogens is 432 g/mol. The van der Waals surface area contributed by atoms with Crippen LogP contribution in [0.1, 0.15) is 42.2 Å². The Morgan fingerprint density at radius 3 is 2.76 bits per heavy atom. The highest BCUT2D eigenvalue weighted by Crippen LogP contribution is 2.27. The number of nitrogens with zero attached hydrogens (tertiary/aromatic N) is 4. The average Bonchev–Trinajstić information content (AvgIpc) is 2.86. The molecule has 0 saturated carbocycles. The number of para-hydroxylation sites is 1. The number of morpholine rings is 1. The summed E-state index contributed by atoms with van der Waals surface area (Å²) in [5, 5.41) is 7.10. The van der Waals surface area contributed by atoms with Gasteiger partial charge in [-0.3, -0.25) is 9.69 Å². The topological polar surface area (TPSA) is 102 Å². The van der Waals surface area contributed by atoms with E-state index in [0.717, 1.165) is 55.7 Å². The summed E-state index contributed by atoms with van der Waals surface area (Å²) in [6, 6.07) is 9.54. The number of aromatic nitrogens is 3. The monoisotopic (exact) mass is 464 g/mol. The molecule has 0 bridgehead atoms. The van der Waals surface area contributed by atoms with E-state index in [9.17, 15) is 4.79 Å². The third-order valence-corrected chi connectivity index (χ3v) is 5.84. The normalized spacial score (nSPS) is 14.4. The summed E-state index contributed by atoms with van der Waals surface area (Å²) in [5.74, 6) is 0.868. The lowest BCUT2D eigenvalue weighted by molar-refractivity contribution is 0.0374. The van der Waals surface area contributed by atoms with Crippen LogP contribution in [0.15, 0.2) is 36.5 Å². The molecule has 34 heavy (non-hydrogen) atoms. The predicted octanol–water partition coefficient (Wildman–Crippen LogP) is 3.35. The van der Waals surface area contributed by atoms with E-state index in [1.807, 2.05) is 12.1 Å². The number of rotatable bonds is 9. The molecule has 3 aromatic rings. The van der Waals surface area contributed by atoms with Gasteiger partial charge in [0.25, 0.3) is 5.91 Å². The zero-order chi connectivity index (χ0) is 23.9. The molecule has 0 atom stereocenters. The second-order valence-electron chi connectivity index (χ2n) is 8.58. The molecule has 3 heterocycles. The van der Waals surface area contributed by atoms with Crippen molar-refractivity contribution < 1.29 is 14.3 Å². The first-order chi connectivity index (χ1) is 16.5. The number of methoxy groups -OCH3 is 1. The molecule has 0 unspecified atom stereocenters.